The molecule has 0 saturated carbocycles. The largest absolute Gasteiger partial charge is 0.309 e. The molecule has 0 amide bonds. The number of fused-ring (bicyclic) bond motifs is 1. The average Bonchev–Trinajstić information content (AvgIpc) is 2.29. The average molecular weight is 197 g/mol. The van der Waals surface area contributed by atoms with Crippen molar-refractivity contribution < 1.29 is 0 Å². The molecule has 0 saturated heterocycles. The molecule has 15 heavy (non-hydrogen) atoms. The molecular formula is C14H15N. The fourth-order valence-electron chi connectivity index (χ4n) is 1.67. The van der Waals surface area contributed by atoms with Crippen LogP contribution in [0.2, 0.25) is 0 Å². The summed E-state index contributed by atoms with van der Waals surface area (Å²) in [5.74, 6) is 0. The normalized spacial score (nSPS) is 10.4. The molecule has 0 spiro atoms. The van der Waals surface area contributed by atoms with Gasteiger partial charge in [-0.1, -0.05) is 42.5 Å². The van der Waals surface area contributed by atoms with E-state index in [1.807, 2.05) is 6.08 Å². The molecule has 0 aromatic heterocycles. The highest BCUT2D eigenvalue weighted by molar-refractivity contribution is 5.82. The standard InChI is InChI=1S/C14H15N/c1-2-9-15-11-12-7-8-13-5-3-4-6-14(13)10-12/h2-8,10,15H,1,9,11H2. The predicted molar refractivity (Wildman–Crippen MR) is 65.9 cm³/mol. The number of hydrogen-bond donors (Lipinski definition) is 1. The molecule has 0 aliphatic heterocycles. The van der Waals surface area contributed by atoms with Gasteiger partial charge < -0.3 is 5.32 Å². The second-order valence-electron chi connectivity index (χ2n) is 3.60. The summed E-state index contributed by atoms with van der Waals surface area (Å²) in [7, 11) is 0. The number of hydrogen-bond acceptors (Lipinski definition) is 1. The molecular weight excluding hydrogens is 182 g/mol. The summed E-state index contributed by atoms with van der Waals surface area (Å²) in [5.41, 5.74) is 1.32. The fraction of sp³-hybridized carbons (Fsp3) is 0.143. The van der Waals surface area contributed by atoms with E-state index < -0.39 is 0 Å². The Bertz CT molecular complexity index is 460. The Morgan fingerprint density at radius 2 is 1.87 bits per heavy atom. The van der Waals surface area contributed by atoms with E-state index >= 15 is 0 Å². The third kappa shape index (κ3) is 2.45. The van der Waals surface area contributed by atoms with E-state index in [2.05, 4.69) is 54.4 Å². The van der Waals surface area contributed by atoms with Gasteiger partial charge in [0.05, 0.1) is 0 Å². The lowest BCUT2D eigenvalue weighted by molar-refractivity contribution is 0.761. The van der Waals surface area contributed by atoms with Gasteiger partial charge in [-0.25, -0.2) is 0 Å². The van der Waals surface area contributed by atoms with E-state index in [1.165, 1.54) is 16.3 Å². The van der Waals surface area contributed by atoms with Gasteiger partial charge in [0.25, 0.3) is 0 Å². The van der Waals surface area contributed by atoms with Crippen LogP contribution in [-0.2, 0) is 6.54 Å². The highest BCUT2D eigenvalue weighted by atomic mass is 14.8. The van der Waals surface area contributed by atoms with Crippen LogP contribution in [0.1, 0.15) is 5.56 Å². The van der Waals surface area contributed by atoms with Gasteiger partial charge in [-0.3, -0.25) is 0 Å². The van der Waals surface area contributed by atoms with Gasteiger partial charge in [0.1, 0.15) is 0 Å². The molecule has 0 unspecified atom stereocenters. The number of nitrogens with one attached hydrogen (secondary N) is 1. The maximum absolute atomic E-state index is 3.68. The molecule has 0 aliphatic carbocycles. The summed E-state index contributed by atoms with van der Waals surface area (Å²) in [6, 6.07) is 15.0. The van der Waals surface area contributed by atoms with Crippen LogP contribution in [0.15, 0.2) is 55.1 Å². The molecule has 1 nitrogen and oxygen atoms in total. The topological polar surface area (TPSA) is 12.0 Å². The lowest BCUT2D eigenvalue weighted by Crippen LogP contribution is -2.12. The Morgan fingerprint density at radius 1 is 1.07 bits per heavy atom. The van der Waals surface area contributed by atoms with Crippen LogP contribution < -0.4 is 5.32 Å². The molecule has 0 radical (unpaired) electrons. The van der Waals surface area contributed by atoms with Gasteiger partial charge in [0.2, 0.25) is 0 Å². The van der Waals surface area contributed by atoms with Crippen molar-refractivity contribution in [3.8, 4) is 0 Å². The molecule has 0 aliphatic rings. The molecule has 0 fully saturated rings. The van der Waals surface area contributed by atoms with E-state index in [4.69, 9.17) is 0 Å². The van der Waals surface area contributed by atoms with Crippen molar-refractivity contribution >= 4 is 10.8 Å². The summed E-state index contributed by atoms with van der Waals surface area (Å²) in [4.78, 5) is 0. The minimum Gasteiger partial charge on any atom is -0.309 e. The Labute approximate surface area is 90.4 Å². The molecule has 1 N–H and O–H groups in total. The Hall–Kier alpha value is -1.60. The van der Waals surface area contributed by atoms with E-state index in [1.54, 1.807) is 0 Å². The molecule has 0 heterocycles. The summed E-state index contributed by atoms with van der Waals surface area (Å²) in [5, 5.41) is 5.90. The molecule has 1 heteroatoms. The van der Waals surface area contributed by atoms with Crippen molar-refractivity contribution in [2.24, 2.45) is 0 Å². The van der Waals surface area contributed by atoms with E-state index in [9.17, 15) is 0 Å². The van der Waals surface area contributed by atoms with Crippen molar-refractivity contribution in [1.82, 2.24) is 5.32 Å². The molecule has 0 bridgehead atoms. The van der Waals surface area contributed by atoms with Crippen molar-refractivity contribution in [3.05, 3.63) is 60.7 Å². The van der Waals surface area contributed by atoms with Gasteiger partial charge in [-0.2, -0.15) is 0 Å². The van der Waals surface area contributed by atoms with Crippen LogP contribution in [0.25, 0.3) is 10.8 Å². The van der Waals surface area contributed by atoms with Crippen LogP contribution in [0.3, 0.4) is 0 Å². The SMILES string of the molecule is C=CCNCc1ccc2ccccc2c1. The van der Waals surface area contributed by atoms with E-state index in [0.717, 1.165) is 13.1 Å². The fourth-order valence-corrected chi connectivity index (χ4v) is 1.67. The highest BCUT2D eigenvalue weighted by Gasteiger charge is 1.94. The first-order valence-corrected chi connectivity index (χ1v) is 5.19. The summed E-state index contributed by atoms with van der Waals surface area (Å²) >= 11 is 0. The van der Waals surface area contributed by atoms with Gasteiger partial charge in [-0.15, -0.1) is 6.58 Å². The first-order chi connectivity index (χ1) is 7.40. The first kappa shape index (κ1) is 9.94. The monoisotopic (exact) mass is 197 g/mol. The predicted octanol–water partition coefficient (Wildman–Crippen LogP) is 3.12. The van der Waals surface area contributed by atoms with Crippen molar-refractivity contribution in [2.45, 2.75) is 6.54 Å². The van der Waals surface area contributed by atoms with Crippen molar-refractivity contribution in [1.29, 1.82) is 0 Å². The Kier molecular flexibility index (Phi) is 3.15. The minimum atomic E-state index is 0.854. The summed E-state index contributed by atoms with van der Waals surface area (Å²) in [6.07, 6.45) is 1.88. The van der Waals surface area contributed by atoms with E-state index in [0.29, 0.717) is 0 Å². The summed E-state index contributed by atoms with van der Waals surface area (Å²) in [6.45, 7) is 5.43. The highest BCUT2D eigenvalue weighted by Crippen LogP contribution is 2.15. The summed E-state index contributed by atoms with van der Waals surface area (Å²) < 4.78 is 0. The quantitative estimate of drug-likeness (QED) is 0.586. The molecule has 2 aromatic rings. The lowest BCUT2D eigenvalue weighted by Gasteiger charge is -2.04. The minimum absolute atomic E-state index is 0.854. The molecule has 2 rings (SSSR count). The van der Waals surface area contributed by atoms with Gasteiger partial charge in [0.15, 0.2) is 0 Å². The van der Waals surface area contributed by atoms with Crippen molar-refractivity contribution in [2.75, 3.05) is 6.54 Å². The van der Waals surface area contributed by atoms with E-state index in [-0.39, 0.29) is 0 Å². The van der Waals surface area contributed by atoms with Gasteiger partial charge in [-0.05, 0) is 22.4 Å². The zero-order valence-corrected chi connectivity index (χ0v) is 8.74. The number of benzene rings is 2. The van der Waals surface area contributed by atoms with Gasteiger partial charge in [0, 0.05) is 13.1 Å². The zero-order valence-electron chi connectivity index (χ0n) is 8.74. The first-order valence-electron chi connectivity index (χ1n) is 5.19. The van der Waals surface area contributed by atoms with Crippen LogP contribution in [-0.4, -0.2) is 6.54 Å². The van der Waals surface area contributed by atoms with Crippen molar-refractivity contribution in [3.63, 3.8) is 0 Å². The molecule has 2 aromatic carbocycles. The van der Waals surface area contributed by atoms with Crippen LogP contribution in [0.4, 0.5) is 0 Å². The Balaban J connectivity index is 2.19. The van der Waals surface area contributed by atoms with Crippen LogP contribution in [0.5, 0.6) is 0 Å². The Morgan fingerprint density at radius 3 is 2.67 bits per heavy atom. The molecule has 0 atom stereocenters. The number of rotatable bonds is 4. The van der Waals surface area contributed by atoms with Crippen LogP contribution >= 0.6 is 0 Å². The third-order valence-electron chi connectivity index (χ3n) is 2.43. The lowest BCUT2D eigenvalue weighted by atomic mass is 10.1. The third-order valence-corrected chi connectivity index (χ3v) is 2.43. The second kappa shape index (κ2) is 4.76. The second-order valence-corrected chi connectivity index (χ2v) is 3.60. The maximum atomic E-state index is 3.68. The smallest absolute Gasteiger partial charge is 0.0208 e. The van der Waals surface area contributed by atoms with Gasteiger partial charge >= 0.3 is 0 Å². The van der Waals surface area contributed by atoms with Crippen LogP contribution in [0, 0.1) is 0 Å². The zero-order chi connectivity index (χ0) is 10.5. The maximum Gasteiger partial charge on any atom is 0.0208 e. The molecule has 76 valence electrons.